The van der Waals surface area contributed by atoms with Crippen LogP contribution in [-0.4, -0.2) is 16.9 Å². The quantitative estimate of drug-likeness (QED) is 0.733. The molecule has 118 valence electrons. The minimum atomic E-state index is -0.306. The molecule has 1 heterocycles. The van der Waals surface area contributed by atoms with Crippen molar-refractivity contribution in [1.29, 1.82) is 0 Å². The lowest BCUT2D eigenvalue weighted by atomic mass is 10.1. The molecule has 3 nitrogen and oxygen atoms in total. The van der Waals surface area contributed by atoms with Crippen LogP contribution in [0.15, 0.2) is 54.6 Å². The van der Waals surface area contributed by atoms with Gasteiger partial charge in [0.2, 0.25) is 0 Å². The van der Waals surface area contributed by atoms with Crippen molar-refractivity contribution in [2.75, 3.05) is 0 Å². The maximum atomic E-state index is 13.2. The van der Waals surface area contributed by atoms with E-state index in [9.17, 15) is 9.18 Å². The van der Waals surface area contributed by atoms with Crippen LogP contribution in [-0.2, 0) is 6.42 Å². The van der Waals surface area contributed by atoms with Gasteiger partial charge in [0.1, 0.15) is 11.5 Å². The van der Waals surface area contributed by atoms with E-state index in [0.29, 0.717) is 11.1 Å². The lowest BCUT2D eigenvalue weighted by Gasteiger charge is -2.13. The van der Waals surface area contributed by atoms with Gasteiger partial charge in [-0.1, -0.05) is 30.3 Å². The van der Waals surface area contributed by atoms with Gasteiger partial charge in [-0.25, -0.2) is 4.39 Å². The van der Waals surface area contributed by atoms with E-state index in [1.807, 2.05) is 25.1 Å². The van der Waals surface area contributed by atoms with Crippen LogP contribution in [0.2, 0.25) is 0 Å². The van der Waals surface area contributed by atoms with Gasteiger partial charge in [0.15, 0.2) is 0 Å². The number of hydrogen-bond acceptors (Lipinski definition) is 1. The van der Waals surface area contributed by atoms with Crippen LogP contribution in [0.3, 0.4) is 0 Å². The van der Waals surface area contributed by atoms with Crippen LogP contribution >= 0.6 is 0 Å². The Bertz CT molecular complexity index is 811. The lowest BCUT2D eigenvalue weighted by Crippen LogP contribution is -2.33. The fourth-order valence-corrected chi connectivity index (χ4v) is 2.63. The number of aryl methyl sites for hydroxylation is 1. The summed E-state index contributed by atoms with van der Waals surface area (Å²) in [5, 5.41) is 3.68. The third kappa shape index (κ3) is 3.77. The zero-order valence-electron chi connectivity index (χ0n) is 13.0. The highest BCUT2D eigenvalue weighted by Gasteiger charge is 2.12. The maximum absolute atomic E-state index is 13.2. The van der Waals surface area contributed by atoms with Gasteiger partial charge in [0, 0.05) is 16.9 Å². The summed E-state index contributed by atoms with van der Waals surface area (Å²) < 4.78 is 13.2. The molecule has 1 atom stereocenters. The van der Waals surface area contributed by atoms with E-state index < -0.39 is 0 Å². The Morgan fingerprint density at radius 1 is 1.17 bits per heavy atom. The van der Waals surface area contributed by atoms with Crippen molar-refractivity contribution in [3.05, 3.63) is 71.7 Å². The lowest BCUT2D eigenvalue weighted by molar-refractivity contribution is 0.0934. The van der Waals surface area contributed by atoms with Gasteiger partial charge < -0.3 is 10.3 Å². The zero-order valence-corrected chi connectivity index (χ0v) is 13.0. The first-order valence-corrected chi connectivity index (χ1v) is 7.75. The number of aromatic amines is 1. The summed E-state index contributed by atoms with van der Waals surface area (Å²) >= 11 is 0. The first-order valence-electron chi connectivity index (χ1n) is 7.75. The van der Waals surface area contributed by atoms with Crippen LogP contribution in [0.1, 0.15) is 29.4 Å². The number of amides is 1. The predicted molar refractivity (Wildman–Crippen MR) is 89.9 cm³/mol. The van der Waals surface area contributed by atoms with Gasteiger partial charge in [-0.2, -0.15) is 0 Å². The third-order valence-electron chi connectivity index (χ3n) is 3.91. The number of carbonyl (C=O) groups is 1. The van der Waals surface area contributed by atoms with Crippen molar-refractivity contribution < 1.29 is 9.18 Å². The van der Waals surface area contributed by atoms with Crippen molar-refractivity contribution in [1.82, 2.24) is 10.3 Å². The van der Waals surface area contributed by atoms with Crippen molar-refractivity contribution in [2.24, 2.45) is 0 Å². The Balaban J connectivity index is 1.61. The van der Waals surface area contributed by atoms with E-state index in [4.69, 9.17) is 0 Å². The Morgan fingerprint density at radius 2 is 1.96 bits per heavy atom. The molecule has 0 saturated carbocycles. The molecule has 1 aromatic heterocycles. The van der Waals surface area contributed by atoms with E-state index in [1.54, 1.807) is 12.1 Å². The van der Waals surface area contributed by atoms with E-state index in [-0.39, 0.29) is 17.8 Å². The summed E-state index contributed by atoms with van der Waals surface area (Å²) in [4.78, 5) is 15.3. The minimum absolute atomic E-state index is 0.0610. The number of halogens is 1. The third-order valence-corrected chi connectivity index (χ3v) is 3.91. The Morgan fingerprint density at radius 3 is 2.74 bits per heavy atom. The van der Waals surface area contributed by atoms with Gasteiger partial charge in [0.25, 0.3) is 5.91 Å². The van der Waals surface area contributed by atoms with E-state index in [1.165, 1.54) is 17.7 Å². The second kappa shape index (κ2) is 6.65. The van der Waals surface area contributed by atoms with E-state index in [0.717, 1.165) is 18.4 Å². The monoisotopic (exact) mass is 310 g/mol. The molecule has 0 radical (unpaired) electrons. The number of rotatable bonds is 5. The molecule has 3 rings (SSSR count). The number of aromatic nitrogens is 1. The van der Waals surface area contributed by atoms with Gasteiger partial charge in [-0.05, 0) is 49.6 Å². The summed E-state index contributed by atoms with van der Waals surface area (Å²) in [6.07, 6.45) is 1.78. The highest BCUT2D eigenvalue weighted by atomic mass is 19.1. The SMILES string of the molecule is C[C@H](CCc1ccccc1)NC(=O)c1cc2cc(F)ccc2[nH]1. The normalized spacial score (nSPS) is 12.3. The van der Waals surface area contributed by atoms with Crippen LogP contribution in [0.5, 0.6) is 0 Å². The van der Waals surface area contributed by atoms with E-state index >= 15 is 0 Å². The molecule has 23 heavy (non-hydrogen) atoms. The van der Waals surface area contributed by atoms with Crippen LogP contribution in [0.25, 0.3) is 10.9 Å². The molecule has 0 bridgehead atoms. The van der Waals surface area contributed by atoms with Gasteiger partial charge in [-0.15, -0.1) is 0 Å². The number of H-pyrrole nitrogens is 1. The predicted octanol–water partition coefficient (Wildman–Crippen LogP) is 4.06. The molecule has 2 N–H and O–H groups in total. The fraction of sp³-hybridized carbons (Fsp3) is 0.211. The molecule has 0 aliphatic rings. The fourth-order valence-electron chi connectivity index (χ4n) is 2.63. The second-order valence-electron chi connectivity index (χ2n) is 5.81. The number of nitrogens with one attached hydrogen (secondary N) is 2. The maximum Gasteiger partial charge on any atom is 0.267 e. The van der Waals surface area contributed by atoms with Crippen LogP contribution < -0.4 is 5.32 Å². The zero-order chi connectivity index (χ0) is 16.2. The summed E-state index contributed by atoms with van der Waals surface area (Å²) in [5.41, 5.74) is 2.47. The number of hydrogen-bond donors (Lipinski definition) is 2. The number of carbonyl (C=O) groups excluding carboxylic acids is 1. The number of fused-ring (bicyclic) bond motifs is 1. The van der Waals surface area contributed by atoms with Crippen molar-refractivity contribution in [3.8, 4) is 0 Å². The first-order chi connectivity index (χ1) is 11.1. The molecule has 3 aromatic rings. The Labute approximate surface area is 134 Å². The van der Waals surface area contributed by atoms with Crippen molar-refractivity contribution in [2.45, 2.75) is 25.8 Å². The average Bonchev–Trinajstić information content (AvgIpc) is 2.97. The average molecular weight is 310 g/mol. The molecule has 2 aromatic carbocycles. The summed E-state index contributed by atoms with van der Waals surface area (Å²) in [6, 6.07) is 16.4. The molecule has 4 heteroatoms. The second-order valence-corrected chi connectivity index (χ2v) is 5.81. The summed E-state index contributed by atoms with van der Waals surface area (Å²) in [5.74, 6) is -0.471. The number of benzene rings is 2. The molecule has 0 fully saturated rings. The molecule has 0 unspecified atom stereocenters. The molecule has 1 amide bonds. The van der Waals surface area contributed by atoms with Gasteiger partial charge in [-0.3, -0.25) is 4.79 Å². The summed E-state index contributed by atoms with van der Waals surface area (Å²) in [6.45, 7) is 1.99. The molecule has 0 saturated heterocycles. The van der Waals surface area contributed by atoms with Crippen molar-refractivity contribution >= 4 is 16.8 Å². The van der Waals surface area contributed by atoms with Gasteiger partial charge >= 0.3 is 0 Å². The highest BCUT2D eigenvalue weighted by Crippen LogP contribution is 2.17. The largest absolute Gasteiger partial charge is 0.351 e. The summed E-state index contributed by atoms with van der Waals surface area (Å²) in [7, 11) is 0. The van der Waals surface area contributed by atoms with Crippen LogP contribution in [0.4, 0.5) is 4.39 Å². The molecular formula is C19H19FN2O. The molecule has 0 aliphatic heterocycles. The highest BCUT2D eigenvalue weighted by molar-refractivity contribution is 5.98. The molecule has 0 aliphatic carbocycles. The van der Waals surface area contributed by atoms with Crippen molar-refractivity contribution in [3.63, 3.8) is 0 Å². The molecule has 0 spiro atoms. The van der Waals surface area contributed by atoms with E-state index in [2.05, 4.69) is 22.4 Å². The topological polar surface area (TPSA) is 44.9 Å². The first kappa shape index (κ1) is 15.3. The minimum Gasteiger partial charge on any atom is -0.351 e. The Hall–Kier alpha value is -2.62. The Kier molecular flexibility index (Phi) is 4.42. The van der Waals surface area contributed by atoms with Crippen LogP contribution in [0, 0.1) is 5.82 Å². The standard InChI is InChI=1S/C19H19FN2O/c1-13(7-8-14-5-3-2-4-6-14)21-19(23)18-12-15-11-16(20)9-10-17(15)22-18/h2-6,9-13,22H,7-8H2,1H3,(H,21,23)/t13-/m1/s1. The van der Waals surface area contributed by atoms with Gasteiger partial charge in [0.05, 0.1) is 0 Å². The smallest absolute Gasteiger partial charge is 0.267 e. The molecular weight excluding hydrogens is 291 g/mol.